The molecule has 4 atom stereocenters. The minimum atomic E-state index is -0.231. The molecule has 1 aliphatic heterocycles. The maximum Gasteiger partial charge on any atom is 0.108 e. The fraction of sp³-hybridized carbons (Fsp3) is 0.938. The Labute approximate surface area is 117 Å². The van der Waals surface area contributed by atoms with Crippen molar-refractivity contribution in [2.75, 3.05) is 13.1 Å². The number of hydrogen-bond donors (Lipinski definition) is 1. The number of hydrogen-bond acceptors (Lipinski definition) is 3. The van der Waals surface area contributed by atoms with Gasteiger partial charge in [0, 0.05) is 12.1 Å². The summed E-state index contributed by atoms with van der Waals surface area (Å²) in [6, 6.07) is 4.07. The van der Waals surface area contributed by atoms with Gasteiger partial charge in [0.2, 0.25) is 0 Å². The van der Waals surface area contributed by atoms with Crippen LogP contribution < -0.4 is 5.32 Å². The van der Waals surface area contributed by atoms with E-state index in [4.69, 9.17) is 0 Å². The van der Waals surface area contributed by atoms with E-state index in [0.29, 0.717) is 6.04 Å². The van der Waals surface area contributed by atoms with Gasteiger partial charge in [0.25, 0.3) is 0 Å². The number of fused-ring (bicyclic) bond motifs is 1. The Kier molecular flexibility index (Phi) is 3.82. The lowest BCUT2D eigenvalue weighted by atomic mass is 9.90. The minimum absolute atomic E-state index is 0.231. The molecule has 4 unspecified atom stereocenters. The molecule has 1 saturated heterocycles. The Morgan fingerprint density at radius 2 is 2.11 bits per heavy atom. The van der Waals surface area contributed by atoms with Crippen molar-refractivity contribution < 1.29 is 0 Å². The zero-order valence-corrected chi connectivity index (χ0v) is 12.2. The fourth-order valence-corrected chi connectivity index (χ4v) is 4.89. The summed E-state index contributed by atoms with van der Waals surface area (Å²) >= 11 is 0. The molecule has 3 heteroatoms. The highest BCUT2D eigenvalue weighted by atomic mass is 15.2. The molecule has 0 spiro atoms. The first kappa shape index (κ1) is 13.4. The summed E-state index contributed by atoms with van der Waals surface area (Å²) in [5.41, 5.74) is -0.231. The van der Waals surface area contributed by atoms with E-state index in [1.807, 2.05) is 0 Å². The Hall–Kier alpha value is -0.590. The van der Waals surface area contributed by atoms with Gasteiger partial charge in [-0.2, -0.15) is 5.26 Å². The molecule has 106 valence electrons. The van der Waals surface area contributed by atoms with Crippen molar-refractivity contribution >= 4 is 0 Å². The van der Waals surface area contributed by atoms with E-state index in [-0.39, 0.29) is 5.54 Å². The van der Waals surface area contributed by atoms with Crippen LogP contribution in [0.3, 0.4) is 0 Å². The predicted molar refractivity (Wildman–Crippen MR) is 76.7 cm³/mol. The van der Waals surface area contributed by atoms with Crippen molar-refractivity contribution in [2.24, 2.45) is 5.92 Å². The third-order valence-electron chi connectivity index (χ3n) is 5.72. The summed E-state index contributed by atoms with van der Waals surface area (Å²) in [6.07, 6.45) is 10.4. The van der Waals surface area contributed by atoms with Gasteiger partial charge in [0.1, 0.15) is 5.54 Å². The second kappa shape index (κ2) is 5.42. The zero-order chi connectivity index (χ0) is 13.3. The van der Waals surface area contributed by atoms with Crippen LogP contribution in [-0.4, -0.2) is 35.6 Å². The predicted octanol–water partition coefficient (Wildman–Crippen LogP) is 2.68. The molecule has 3 fully saturated rings. The molecule has 0 radical (unpaired) electrons. The summed E-state index contributed by atoms with van der Waals surface area (Å²) in [7, 11) is 0. The SMILES string of the molecule is CCNC1(C#N)CCC(N2CCCC3CCCC32)C1. The highest BCUT2D eigenvalue weighted by Crippen LogP contribution is 2.42. The number of rotatable bonds is 3. The Morgan fingerprint density at radius 3 is 2.89 bits per heavy atom. The van der Waals surface area contributed by atoms with Gasteiger partial charge in [-0.25, -0.2) is 0 Å². The average Bonchev–Trinajstić information content (AvgIpc) is 3.05. The van der Waals surface area contributed by atoms with Crippen molar-refractivity contribution in [2.45, 2.75) is 75.9 Å². The molecule has 0 aromatic carbocycles. The van der Waals surface area contributed by atoms with E-state index in [9.17, 15) is 5.26 Å². The molecule has 0 bridgehead atoms. The smallest absolute Gasteiger partial charge is 0.108 e. The van der Waals surface area contributed by atoms with Gasteiger partial charge >= 0.3 is 0 Å². The fourth-order valence-electron chi connectivity index (χ4n) is 4.89. The number of nitriles is 1. The van der Waals surface area contributed by atoms with Gasteiger partial charge in [-0.3, -0.25) is 10.2 Å². The van der Waals surface area contributed by atoms with Crippen LogP contribution in [0.5, 0.6) is 0 Å². The van der Waals surface area contributed by atoms with Crippen molar-refractivity contribution in [1.29, 1.82) is 5.26 Å². The topological polar surface area (TPSA) is 39.1 Å². The third kappa shape index (κ3) is 2.41. The van der Waals surface area contributed by atoms with Gasteiger partial charge in [-0.05, 0) is 64.0 Å². The Bertz CT molecular complexity index is 361. The lowest BCUT2D eigenvalue weighted by Gasteiger charge is -2.42. The van der Waals surface area contributed by atoms with Gasteiger partial charge in [-0.15, -0.1) is 0 Å². The Balaban J connectivity index is 1.68. The van der Waals surface area contributed by atoms with Crippen molar-refractivity contribution in [1.82, 2.24) is 10.2 Å². The maximum absolute atomic E-state index is 9.52. The lowest BCUT2D eigenvalue weighted by Crippen LogP contribution is -2.49. The van der Waals surface area contributed by atoms with E-state index in [1.54, 1.807) is 0 Å². The monoisotopic (exact) mass is 261 g/mol. The van der Waals surface area contributed by atoms with Crippen molar-refractivity contribution in [3.63, 3.8) is 0 Å². The van der Waals surface area contributed by atoms with Gasteiger partial charge in [0.05, 0.1) is 6.07 Å². The molecule has 19 heavy (non-hydrogen) atoms. The Morgan fingerprint density at radius 1 is 1.26 bits per heavy atom. The molecule has 0 amide bonds. The summed E-state index contributed by atoms with van der Waals surface area (Å²) in [5, 5.41) is 13.0. The van der Waals surface area contributed by atoms with Crippen LogP contribution in [0.15, 0.2) is 0 Å². The van der Waals surface area contributed by atoms with E-state index in [2.05, 4.69) is 23.2 Å². The van der Waals surface area contributed by atoms with Crippen LogP contribution >= 0.6 is 0 Å². The molecule has 0 aromatic heterocycles. The summed E-state index contributed by atoms with van der Waals surface area (Å²) in [6.45, 7) is 4.30. The minimum Gasteiger partial charge on any atom is -0.300 e. The molecular weight excluding hydrogens is 234 g/mol. The first-order valence-corrected chi connectivity index (χ1v) is 8.20. The standard InChI is InChI=1S/C16H27N3/c1-2-18-16(12-17)9-8-14(11-16)19-10-4-6-13-5-3-7-15(13)19/h13-15,18H,2-11H2,1H3. The third-order valence-corrected chi connectivity index (χ3v) is 5.72. The van der Waals surface area contributed by atoms with Crippen LogP contribution in [0, 0.1) is 17.2 Å². The number of nitrogens with zero attached hydrogens (tertiary/aromatic N) is 2. The van der Waals surface area contributed by atoms with Crippen LogP contribution in [0.25, 0.3) is 0 Å². The molecule has 1 heterocycles. The first-order chi connectivity index (χ1) is 9.28. The zero-order valence-electron chi connectivity index (χ0n) is 12.2. The number of piperidine rings is 1. The molecular formula is C16H27N3. The molecule has 2 saturated carbocycles. The summed E-state index contributed by atoms with van der Waals surface area (Å²) in [4.78, 5) is 2.79. The van der Waals surface area contributed by atoms with Crippen LogP contribution in [0.1, 0.15) is 58.3 Å². The van der Waals surface area contributed by atoms with Crippen molar-refractivity contribution in [3.05, 3.63) is 0 Å². The largest absolute Gasteiger partial charge is 0.300 e. The molecule has 3 rings (SSSR count). The molecule has 2 aliphatic carbocycles. The molecule has 3 nitrogen and oxygen atoms in total. The lowest BCUT2D eigenvalue weighted by molar-refractivity contribution is 0.0675. The molecule has 3 aliphatic rings. The van der Waals surface area contributed by atoms with E-state index in [1.165, 1.54) is 45.1 Å². The van der Waals surface area contributed by atoms with Gasteiger partial charge in [-0.1, -0.05) is 13.3 Å². The summed E-state index contributed by atoms with van der Waals surface area (Å²) < 4.78 is 0. The first-order valence-electron chi connectivity index (χ1n) is 8.20. The second-order valence-electron chi connectivity index (χ2n) is 6.76. The average molecular weight is 261 g/mol. The van der Waals surface area contributed by atoms with E-state index < -0.39 is 0 Å². The maximum atomic E-state index is 9.52. The quantitative estimate of drug-likeness (QED) is 0.849. The van der Waals surface area contributed by atoms with Crippen LogP contribution in [-0.2, 0) is 0 Å². The van der Waals surface area contributed by atoms with Gasteiger partial charge < -0.3 is 0 Å². The van der Waals surface area contributed by atoms with Crippen LogP contribution in [0.2, 0.25) is 0 Å². The molecule has 0 aromatic rings. The number of likely N-dealkylation sites (tertiary alicyclic amines) is 1. The molecule has 1 N–H and O–H groups in total. The second-order valence-corrected chi connectivity index (χ2v) is 6.76. The van der Waals surface area contributed by atoms with Gasteiger partial charge in [0.15, 0.2) is 0 Å². The highest BCUT2D eigenvalue weighted by molar-refractivity contribution is 5.14. The highest BCUT2D eigenvalue weighted by Gasteiger charge is 2.45. The van der Waals surface area contributed by atoms with Crippen molar-refractivity contribution in [3.8, 4) is 6.07 Å². The normalized spacial score (nSPS) is 43.1. The number of nitrogens with one attached hydrogen (secondary N) is 1. The van der Waals surface area contributed by atoms with E-state index in [0.717, 1.165) is 31.3 Å². The summed E-state index contributed by atoms with van der Waals surface area (Å²) in [5.74, 6) is 0.963. The van der Waals surface area contributed by atoms with E-state index >= 15 is 0 Å². The van der Waals surface area contributed by atoms with Crippen LogP contribution in [0.4, 0.5) is 0 Å².